The number of halogens is 1. The molecule has 0 bridgehead atoms. The molecule has 0 unspecified atom stereocenters. The molecule has 1 aliphatic heterocycles. The van der Waals surface area contributed by atoms with Crippen LogP contribution in [0.5, 0.6) is 0 Å². The average molecular weight is 254 g/mol. The Balaban J connectivity index is 2.31. The van der Waals surface area contributed by atoms with Crippen molar-refractivity contribution < 1.29 is 4.39 Å². The predicted molar refractivity (Wildman–Crippen MR) is 56.3 cm³/mol. The van der Waals surface area contributed by atoms with E-state index in [0.717, 1.165) is 19.5 Å². The van der Waals surface area contributed by atoms with Crippen LogP contribution >= 0.6 is 0 Å². The van der Waals surface area contributed by atoms with Crippen molar-refractivity contribution in [2.24, 2.45) is 0 Å². The van der Waals surface area contributed by atoms with Crippen molar-refractivity contribution in [2.75, 3.05) is 6.54 Å². The van der Waals surface area contributed by atoms with Crippen LogP contribution in [-0.4, -0.2) is 21.0 Å². The fourth-order valence-corrected chi connectivity index (χ4v) is 4.62. The number of hydrogen-bond donors (Lipinski definition) is 1. The molecule has 0 fully saturated rings. The summed E-state index contributed by atoms with van der Waals surface area (Å²) < 4.78 is 15.8. The molecular weight excluding hydrogens is 244 g/mol. The van der Waals surface area contributed by atoms with E-state index in [2.05, 4.69) is 5.32 Å². The van der Waals surface area contributed by atoms with Gasteiger partial charge in [0.05, 0.1) is 0 Å². The Morgan fingerprint density at radius 2 is 2.29 bits per heavy atom. The normalized spacial score (nSPS) is 15.8. The number of rotatable bonds is 0. The Bertz CT molecular complexity index is 489. The van der Waals surface area contributed by atoms with Crippen LogP contribution in [0.3, 0.4) is 0 Å². The van der Waals surface area contributed by atoms with Gasteiger partial charge in [-0.1, -0.05) is 0 Å². The SMILES string of the molecule is Fc1ccc2c3c([se]c2c1)CNCC3. The number of fused-ring (bicyclic) bond motifs is 3. The fraction of sp³-hybridized carbons (Fsp3) is 0.273. The summed E-state index contributed by atoms with van der Waals surface area (Å²) in [7, 11) is 0. The minimum absolute atomic E-state index is 0.0987. The first kappa shape index (κ1) is 8.66. The van der Waals surface area contributed by atoms with E-state index >= 15 is 0 Å². The molecule has 1 aromatic carbocycles. The monoisotopic (exact) mass is 255 g/mol. The van der Waals surface area contributed by atoms with Gasteiger partial charge in [0.25, 0.3) is 0 Å². The second kappa shape index (κ2) is 3.20. The zero-order chi connectivity index (χ0) is 9.54. The van der Waals surface area contributed by atoms with Gasteiger partial charge in [-0.25, -0.2) is 0 Å². The van der Waals surface area contributed by atoms with Crippen LogP contribution < -0.4 is 5.32 Å². The molecule has 0 atom stereocenters. The maximum absolute atomic E-state index is 13.0. The van der Waals surface area contributed by atoms with E-state index in [9.17, 15) is 4.39 Å². The molecule has 3 rings (SSSR count). The zero-order valence-electron chi connectivity index (χ0n) is 7.64. The van der Waals surface area contributed by atoms with E-state index < -0.39 is 0 Å². The molecule has 72 valence electrons. The Hall–Kier alpha value is -0.631. The first-order valence-electron chi connectivity index (χ1n) is 4.75. The summed E-state index contributed by atoms with van der Waals surface area (Å²) in [6.07, 6.45) is 1.11. The number of hydrogen-bond acceptors (Lipinski definition) is 1. The molecule has 3 heteroatoms. The van der Waals surface area contributed by atoms with Crippen molar-refractivity contribution >= 4 is 24.1 Å². The minimum atomic E-state index is -0.0987. The number of nitrogens with one attached hydrogen (secondary N) is 1. The van der Waals surface area contributed by atoms with E-state index in [4.69, 9.17) is 0 Å². The predicted octanol–water partition coefficient (Wildman–Crippen LogP) is 1.68. The molecule has 2 aromatic rings. The molecular formula is C11H10FNSe. The Morgan fingerprint density at radius 3 is 3.21 bits per heavy atom. The summed E-state index contributed by atoms with van der Waals surface area (Å²) in [5, 5.41) is 4.68. The molecule has 1 nitrogen and oxygen atoms in total. The van der Waals surface area contributed by atoms with Crippen molar-refractivity contribution in [1.82, 2.24) is 5.32 Å². The van der Waals surface area contributed by atoms with Crippen molar-refractivity contribution in [2.45, 2.75) is 13.0 Å². The van der Waals surface area contributed by atoms with Crippen LogP contribution in [0.4, 0.5) is 4.39 Å². The molecule has 0 radical (unpaired) electrons. The fourth-order valence-electron chi connectivity index (χ4n) is 2.01. The Labute approximate surface area is 87.7 Å². The van der Waals surface area contributed by atoms with Crippen molar-refractivity contribution in [3.8, 4) is 0 Å². The summed E-state index contributed by atoms with van der Waals surface area (Å²) in [6.45, 7) is 2.07. The van der Waals surface area contributed by atoms with Crippen molar-refractivity contribution in [3.63, 3.8) is 0 Å². The summed E-state index contributed by atoms with van der Waals surface area (Å²) in [5.41, 5.74) is 1.48. The summed E-state index contributed by atoms with van der Waals surface area (Å²) in [5.74, 6) is -0.0987. The number of benzene rings is 1. The zero-order valence-corrected chi connectivity index (χ0v) is 9.35. The van der Waals surface area contributed by atoms with E-state index in [1.54, 1.807) is 12.1 Å². The molecule has 0 saturated carbocycles. The molecule has 0 amide bonds. The maximum atomic E-state index is 13.0. The summed E-state index contributed by atoms with van der Waals surface area (Å²) >= 11 is 0.361. The first-order valence-corrected chi connectivity index (χ1v) is 6.46. The van der Waals surface area contributed by atoms with Gasteiger partial charge in [0.2, 0.25) is 0 Å². The quantitative estimate of drug-likeness (QED) is 0.705. The third kappa shape index (κ3) is 1.24. The van der Waals surface area contributed by atoms with Crippen LogP contribution in [0.1, 0.15) is 10.0 Å². The van der Waals surface area contributed by atoms with Crippen LogP contribution in [-0.2, 0) is 13.0 Å². The molecule has 0 aliphatic carbocycles. The standard InChI is InChI=1S/C11H10FNSe/c12-7-1-2-8-9-3-4-13-6-11(9)14-10(8)5-7/h1-2,5,13H,3-4,6H2. The first-order chi connectivity index (χ1) is 6.84. The van der Waals surface area contributed by atoms with E-state index in [0.29, 0.717) is 14.5 Å². The molecule has 1 aliphatic rings. The van der Waals surface area contributed by atoms with Crippen LogP contribution in [0.25, 0.3) is 9.65 Å². The van der Waals surface area contributed by atoms with E-state index in [1.807, 2.05) is 6.07 Å². The molecule has 0 spiro atoms. The third-order valence-electron chi connectivity index (χ3n) is 2.68. The summed E-state index contributed by atoms with van der Waals surface area (Å²) in [4.78, 5) is 0. The van der Waals surface area contributed by atoms with Crippen molar-refractivity contribution in [1.29, 1.82) is 0 Å². The van der Waals surface area contributed by atoms with Gasteiger partial charge in [-0.15, -0.1) is 0 Å². The Morgan fingerprint density at radius 1 is 1.36 bits per heavy atom. The molecule has 1 N–H and O–H groups in total. The van der Waals surface area contributed by atoms with Crippen LogP contribution in [0.15, 0.2) is 18.2 Å². The van der Waals surface area contributed by atoms with Crippen molar-refractivity contribution in [3.05, 3.63) is 34.0 Å². The molecule has 14 heavy (non-hydrogen) atoms. The summed E-state index contributed by atoms with van der Waals surface area (Å²) in [6, 6.07) is 5.22. The van der Waals surface area contributed by atoms with Crippen LogP contribution in [0.2, 0.25) is 0 Å². The van der Waals surface area contributed by atoms with Gasteiger partial charge in [0.15, 0.2) is 0 Å². The van der Waals surface area contributed by atoms with Gasteiger partial charge >= 0.3 is 87.4 Å². The molecule has 0 saturated heterocycles. The third-order valence-corrected chi connectivity index (χ3v) is 5.18. The molecule has 2 heterocycles. The van der Waals surface area contributed by atoms with Gasteiger partial charge in [-0.05, 0) is 0 Å². The topological polar surface area (TPSA) is 12.0 Å². The van der Waals surface area contributed by atoms with Crippen LogP contribution in [0, 0.1) is 5.82 Å². The molecule has 1 aromatic heterocycles. The average Bonchev–Trinajstić information content (AvgIpc) is 2.54. The van der Waals surface area contributed by atoms with Gasteiger partial charge in [0.1, 0.15) is 0 Å². The van der Waals surface area contributed by atoms with Gasteiger partial charge in [0, 0.05) is 0 Å². The van der Waals surface area contributed by atoms with Gasteiger partial charge in [-0.3, -0.25) is 0 Å². The second-order valence-corrected chi connectivity index (χ2v) is 5.96. The van der Waals surface area contributed by atoms with Gasteiger partial charge in [-0.2, -0.15) is 0 Å². The second-order valence-electron chi connectivity index (χ2n) is 3.57. The van der Waals surface area contributed by atoms with E-state index in [-0.39, 0.29) is 5.82 Å². The Kier molecular flexibility index (Phi) is 1.98. The van der Waals surface area contributed by atoms with E-state index in [1.165, 1.54) is 19.6 Å². The van der Waals surface area contributed by atoms with Gasteiger partial charge < -0.3 is 0 Å².